The first-order valence-corrected chi connectivity index (χ1v) is 6.58. The molecule has 0 spiro atoms. The summed E-state index contributed by atoms with van der Waals surface area (Å²) < 4.78 is 0. The number of benzene rings is 1. The maximum absolute atomic E-state index is 11.2. The van der Waals surface area contributed by atoms with E-state index in [4.69, 9.17) is 0 Å². The van der Waals surface area contributed by atoms with Crippen LogP contribution in [0.1, 0.15) is 26.3 Å². The smallest absolute Gasteiger partial charge is 0.308 e. The largest absolute Gasteiger partial charge is 0.481 e. The van der Waals surface area contributed by atoms with Crippen LogP contribution < -0.4 is 4.90 Å². The van der Waals surface area contributed by atoms with Crippen LogP contribution >= 0.6 is 0 Å². The molecule has 0 bridgehead atoms. The van der Waals surface area contributed by atoms with Gasteiger partial charge < -0.3 is 10.0 Å². The number of hydrogen-bond acceptors (Lipinski definition) is 2. The van der Waals surface area contributed by atoms with Crippen molar-refractivity contribution in [3.63, 3.8) is 0 Å². The lowest BCUT2D eigenvalue weighted by Gasteiger charge is -2.40. The highest BCUT2D eigenvalue weighted by molar-refractivity contribution is 5.71. The maximum Gasteiger partial charge on any atom is 0.308 e. The lowest BCUT2D eigenvalue weighted by molar-refractivity contribution is -0.141. The molecule has 1 aliphatic rings. The average molecular weight is 247 g/mol. The molecule has 0 radical (unpaired) electrons. The Balaban J connectivity index is 2.31. The number of carboxylic acids is 1. The van der Waals surface area contributed by atoms with Crippen molar-refractivity contribution in [3.05, 3.63) is 29.8 Å². The van der Waals surface area contributed by atoms with Crippen LogP contribution in [0.25, 0.3) is 0 Å². The summed E-state index contributed by atoms with van der Waals surface area (Å²) in [5, 5.41) is 9.17. The van der Waals surface area contributed by atoms with Crippen LogP contribution in [0.5, 0.6) is 0 Å². The van der Waals surface area contributed by atoms with Crippen molar-refractivity contribution in [1.82, 2.24) is 0 Å². The second-order valence-corrected chi connectivity index (χ2v) is 5.46. The Morgan fingerprint density at radius 2 is 2.06 bits per heavy atom. The Morgan fingerprint density at radius 1 is 1.39 bits per heavy atom. The van der Waals surface area contributed by atoms with Crippen molar-refractivity contribution >= 4 is 11.7 Å². The molecule has 0 aliphatic carbocycles. The quantitative estimate of drug-likeness (QED) is 0.893. The van der Waals surface area contributed by atoms with E-state index in [2.05, 4.69) is 30.0 Å². The zero-order valence-electron chi connectivity index (χ0n) is 11.3. The fourth-order valence-corrected chi connectivity index (χ4v) is 2.70. The number of fused-ring (bicyclic) bond motifs is 1. The lowest BCUT2D eigenvalue weighted by atomic mass is 9.90. The molecule has 18 heavy (non-hydrogen) atoms. The summed E-state index contributed by atoms with van der Waals surface area (Å²) in [6, 6.07) is 8.36. The van der Waals surface area contributed by atoms with E-state index < -0.39 is 5.97 Å². The zero-order valence-corrected chi connectivity index (χ0v) is 11.3. The van der Waals surface area contributed by atoms with E-state index in [1.54, 1.807) is 6.92 Å². The summed E-state index contributed by atoms with van der Waals surface area (Å²) in [6.45, 7) is 6.96. The van der Waals surface area contributed by atoms with Crippen LogP contribution in [0.4, 0.5) is 5.69 Å². The highest BCUT2D eigenvalue weighted by Gasteiger charge is 2.30. The molecule has 1 aromatic rings. The molecule has 3 unspecified atom stereocenters. The minimum atomic E-state index is -0.724. The van der Waals surface area contributed by atoms with Crippen LogP contribution in [-0.4, -0.2) is 23.7 Å². The minimum Gasteiger partial charge on any atom is -0.481 e. The molecule has 1 heterocycles. The second kappa shape index (κ2) is 5.01. The third kappa shape index (κ3) is 2.35. The molecule has 1 N–H and O–H groups in total. The van der Waals surface area contributed by atoms with E-state index in [9.17, 15) is 9.90 Å². The van der Waals surface area contributed by atoms with Crippen LogP contribution in [-0.2, 0) is 11.2 Å². The molecular formula is C15H21NO2. The van der Waals surface area contributed by atoms with Crippen molar-refractivity contribution in [2.45, 2.75) is 33.2 Å². The van der Waals surface area contributed by atoms with Gasteiger partial charge in [0.2, 0.25) is 0 Å². The van der Waals surface area contributed by atoms with Crippen molar-refractivity contribution in [1.29, 1.82) is 0 Å². The van der Waals surface area contributed by atoms with Gasteiger partial charge in [0.25, 0.3) is 0 Å². The van der Waals surface area contributed by atoms with Gasteiger partial charge in [-0.3, -0.25) is 4.79 Å². The number of para-hydroxylation sites is 1. The predicted molar refractivity (Wildman–Crippen MR) is 72.9 cm³/mol. The van der Waals surface area contributed by atoms with Crippen LogP contribution in [0.15, 0.2) is 24.3 Å². The predicted octanol–water partition coefficient (Wildman–Crippen LogP) is 2.79. The van der Waals surface area contributed by atoms with Gasteiger partial charge in [0.05, 0.1) is 5.92 Å². The first kappa shape index (κ1) is 12.9. The summed E-state index contributed by atoms with van der Waals surface area (Å²) in [6.07, 6.45) is 1.08. The molecule has 0 fully saturated rings. The molecule has 3 heteroatoms. The van der Waals surface area contributed by atoms with E-state index in [0.717, 1.165) is 13.0 Å². The number of hydrogen-bond donors (Lipinski definition) is 1. The van der Waals surface area contributed by atoms with E-state index in [1.165, 1.54) is 11.3 Å². The highest BCUT2D eigenvalue weighted by Crippen LogP contribution is 2.32. The fraction of sp³-hybridized carbons (Fsp3) is 0.533. The van der Waals surface area contributed by atoms with Crippen LogP contribution in [0.3, 0.4) is 0 Å². The van der Waals surface area contributed by atoms with Gasteiger partial charge in [-0.05, 0) is 37.8 Å². The molecule has 3 nitrogen and oxygen atoms in total. The van der Waals surface area contributed by atoms with Gasteiger partial charge in [0.15, 0.2) is 0 Å². The Hall–Kier alpha value is -1.51. The fourth-order valence-electron chi connectivity index (χ4n) is 2.70. The number of carboxylic acid groups (broad SMARTS) is 1. The van der Waals surface area contributed by atoms with Gasteiger partial charge in [0.1, 0.15) is 0 Å². The molecule has 0 aromatic heterocycles. The summed E-state index contributed by atoms with van der Waals surface area (Å²) in [5.41, 5.74) is 2.54. The van der Waals surface area contributed by atoms with E-state index in [0.29, 0.717) is 5.92 Å². The van der Waals surface area contributed by atoms with Gasteiger partial charge in [-0.1, -0.05) is 25.1 Å². The third-order valence-electron chi connectivity index (χ3n) is 3.98. The molecular weight excluding hydrogens is 226 g/mol. The standard InChI is InChI=1S/C15H21NO2/c1-10-8-13-6-4-5-7-14(13)16(9-10)12(3)11(2)15(17)18/h4-7,10-12H,8-9H2,1-3H3,(H,17,18). The van der Waals surface area contributed by atoms with Gasteiger partial charge >= 0.3 is 5.97 Å². The second-order valence-electron chi connectivity index (χ2n) is 5.46. The monoisotopic (exact) mass is 247 g/mol. The first-order chi connectivity index (χ1) is 8.50. The van der Waals surface area contributed by atoms with E-state index in [-0.39, 0.29) is 12.0 Å². The normalized spacial score (nSPS) is 22.2. The molecule has 1 aromatic carbocycles. The van der Waals surface area contributed by atoms with Crippen LogP contribution in [0, 0.1) is 11.8 Å². The Bertz CT molecular complexity index is 444. The summed E-state index contributed by atoms with van der Waals surface area (Å²) >= 11 is 0. The SMILES string of the molecule is CC1Cc2ccccc2N(C(C)C(C)C(=O)O)C1. The number of nitrogens with zero attached hydrogens (tertiary/aromatic N) is 1. The third-order valence-corrected chi connectivity index (χ3v) is 3.98. The number of rotatable bonds is 3. The molecule has 3 atom stereocenters. The zero-order chi connectivity index (χ0) is 13.3. The molecule has 98 valence electrons. The Morgan fingerprint density at radius 3 is 2.72 bits per heavy atom. The van der Waals surface area contributed by atoms with E-state index in [1.807, 2.05) is 13.0 Å². The summed E-state index contributed by atoms with van der Waals surface area (Å²) in [5.74, 6) is -0.509. The van der Waals surface area contributed by atoms with Gasteiger partial charge in [-0.15, -0.1) is 0 Å². The highest BCUT2D eigenvalue weighted by atomic mass is 16.4. The number of carbonyl (C=O) groups is 1. The van der Waals surface area contributed by atoms with Crippen molar-refractivity contribution in [2.24, 2.45) is 11.8 Å². The maximum atomic E-state index is 11.2. The van der Waals surface area contributed by atoms with Gasteiger partial charge in [-0.2, -0.15) is 0 Å². The molecule has 0 amide bonds. The Kier molecular flexibility index (Phi) is 3.60. The topological polar surface area (TPSA) is 40.5 Å². The number of anilines is 1. The van der Waals surface area contributed by atoms with Crippen molar-refractivity contribution < 1.29 is 9.90 Å². The molecule has 2 rings (SSSR count). The average Bonchev–Trinajstić information content (AvgIpc) is 2.35. The van der Waals surface area contributed by atoms with Gasteiger partial charge in [0, 0.05) is 18.3 Å². The summed E-state index contributed by atoms with van der Waals surface area (Å²) in [7, 11) is 0. The lowest BCUT2D eigenvalue weighted by Crippen LogP contribution is -2.45. The van der Waals surface area contributed by atoms with Crippen molar-refractivity contribution in [2.75, 3.05) is 11.4 Å². The van der Waals surface area contributed by atoms with Gasteiger partial charge in [-0.25, -0.2) is 0 Å². The van der Waals surface area contributed by atoms with Crippen LogP contribution in [0.2, 0.25) is 0 Å². The molecule has 0 saturated heterocycles. The Labute approximate surface area is 108 Å². The van der Waals surface area contributed by atoms with E-state index >= 15 is 0 Å². The minimum absolute atomic E-state index is 0.0198. The first-order valence-electron chi connectivity index (χ1n) is 6.58. The summed E-state index contributed by atoms with van der Waals surface area (Å²) in [4.78, 5) is 13.4. The number of aliphatic carboxylic acids is 1. The van der Waals surface area contributed by atoms with Crippen molar-refractivity contribution in [3.8, 4) is 0 Å². The molecule has 0 saturated carbocycles. The molecule has 1 aliphatic heterocycles.